The highest BCUT2D eigenvalue weighted by molar-refractivity contribution is 5.95. The molecule has 1 N–H and O–H groups in total. The quantitative estimate of drug-likeness (QED) is 0.764. The average Bonchev–Trinajstić information content (AvgIpc) is 3.12. The SMILES string of the molecule is COc1ccccc1-n1ccc(C)c(C(=O)N2CCOC3(C[C@H]4CC[C@@H](C3)N4)C2)c1=O.Cl. The van der Waals surface area contributed by atoms with Crippen LogP contribution in [0, 0.1) is 6.92 Å². The third-order valence-corrected chi connectivity index (χ3v) is 6.97. The van der Waals surface area contributed by atoms with Gasteiger partial charge in [-0.1, -0.05) is 12.1 Å². The average molecular weight is 460 g/mol. The number of amides is 1. The summed E-state index contributed by atoms with van der Waals surface area (Å²) in [6.07, 6.45) is 5.90. The van der Waals surface area contributed by atoms with Crippen molar-refractivity contribution in [2.45, 2.75) is 50.3 Å². The Morgan fingerprint density at radius 1 is 1.19 bits per heavy atom. The molecule has 3 atom stereocenters. The second kappa shape index (κ2) is 8.89. The Morgan fingerprint density at radius 3 is 2.62 bits per heavy atom. The number of nitrogens with zero attached hydrogens (tertiary/aromatic N) is 2. The molecule has 2 aromatic rings. The van der Waals surface area contributed by atoms with Crippen molar-refractivity contribution in [2.24, 2.45) is 0 Å². The lowest BCUT2D eigenvalue weighted by molar-refractivity contribution is -0.122. The Bertz CT molecular complexity index is 1060. The van der Waals surface area contributed by atoms with Crippen LogP contribution >= 0.6 is 12.4 Å². The number of ether oxygens (including phenoxy) is 2. The monoisotopic (exact) mass is 459 g/mol. The van der Waals surface area contributed by atoms with E-state index in [0.717, 1.165) is 12.8 Å². The fourth-order valence-electron chi connectivity index (χ4n) is 5.53. The molecule has 0 aliphatic carbocycles. The highest BCUT2D eigenvalue weighted by Gasteiger charge is 2.47. The van der Waals surface area contributed by atoms with E-state index in [1.54, 1.807) is 19.4 Å². The number of aromatic nitrogens is 1. The predicted molar refractivity (Wildman–Crippen MR) is 124 cm³/mol. The highest BCUT2D eigenvalue weighted by Crippen LogP contribution is 2.38. The van der Waals surface area contributed by atoms with Crippen molar-refractivity contribution < 1.29 is 14.3 Å². The molecule has 5 rings (SSSR count). The summed E-state index contributed by atoms with van der Waals surface area (Å²) in [5.74, 6) is 0.377. The molecule has 3 saturated heterocycles. The van der Waals surface area contributed by atoms with Gasteiger partial charge in [0.1, 0.15) is 11.3 Å². The Morgan fingerprint density at radius 2 is 1.91 bits per heavy atom. The lowest BCUT2D eigenvalue weighted by atomic mass is 9.85. The molecule has 3 fully saturated rings. The maximum atomic E-state index is 13.6. The van der Waals surface area contributed by atoms with Crippen LogP contribution < -0.4 is 15.6 Å². The first-order valence-corrected chi connectivity index (χ1v) is 11.0. The zero-order valence-electron chi connectivity index (χ0n) is 18.5. The first-order valence-electron chi connectivity index (χ1n) is 11.0. The molecule has 1 amide bonds. The number of benzene rings is 1. The predicted octanol–water partition coefficient (Wildman–Crippen LogP) is 2.70. The van der Waals surface area contributed by atoms with Gasteiger partial charge in [0.05, 0.1) is 31.5 Å². The van der Waals surface area contributed by atoms with Gasteiger partial charge in [0.25, 0.3) is 11.5 Å². The molecule has 4 heterocycles. The Labute approximate surface area is 194 Å². The summed E-state index contributed by atoms with van der Waals surface area (Å²) in [4.78, 5) is 28.9. The van der Waals surface area contributed by atoms with Crippen LogP contribution in [-0.2, 0) is 4.74 Å². The molecule has 0 saturated carbocycles. The zero-order chi connectivity index (χ0) is 21.6. The van der Waals surface area contributed by atoms with Gasteiger partial charge < -0.3 is 19.7 Å². The molecule has 7 nitrogen and oxygen atoms in total. The lowest BCUT2D eigenvalue weighted by Crippen LogP contribution is -2.60. The zero-order valence-corrected chi connectivity index (χ0v) is 19.3. The van der Waals surface area contributed by atoms with E-state index in [1.807, 2.05) is 36.1 Å². The number of aryl methyl sites for hydroxylation is 1. The summed E-state index contributed by atoms with van der Waals surface area (Å²) >= 11 is 0. The van der Waals surface area contributed by atoms with Crippen molar-refractivity contribution in [3.8, 4) is 11.4 Å². The van der Waals surface area contributed by atoms with Crippen molar-refractivity contribution in [1.82, 2.24) is 14.8 Å². The van der Waals surface area contributed by atoms with Crippen molar-refractivity contribution in [1.29, 1.82) is 0 Å². The number of carbonyl (C=O) groups is 1. The van der Waals surface area contributed by atoms with Crippen LogP contribution in [0.4, 0.5) is 0 Å². The largest absolute Gasteiger partial charge is 0.495 e. The number of halogens is 1. The van der Waals surface area contributed by atoms with Crippen LogP contribution in [0.25, 0.3) is 5.69 Å². The Hall–Kier alpha value is -2.35. The summed E-state index contributed by atoms with van der Waals surface area (Å²) in [5.41, 5.74) is 0.919. The first kappa shape index (κ1) is 22.8. The Kier molecular flexibility index (Phi) is 6.34. The molecule has 8 heteroatoms. The molecule has 1 spiro atoms. The molecule has 172 valence electrons. The van der Waals surface area contributed by atoms with Crippen LogP contribution in [-0.4, -0.2) is 59.9 Å². The minimum atomic E-state index is -0.319. The number of para-hydroxylation sites is 2. The van der Waals surface area contributed by atoms with E-state index >= 15 is 0 Å². The van der Waals surface area contributed by atoms with Gasteiger partial charge in [-0.3, -0.25) is 14.2 Å². The van der Waals surface area contributed by atoms with Crippen molar-refractivity contribution in [2.75, 3.05) is 26.8 Å². The molecular weight excluding hydrogens is 430 g/mol. The third kappa shape index (κ3) is 3.93. The number of carbonyl (C=O) groups excluding carboxylic acids is 1. The van der Waals surface area contributed by atoms with Gasteiger partial charge in [-0.05, 0) is 56.4 Å². The number of piperidine rings is 1. The number of methoxy groups -OCH3 is 1. The van der Waals surface area contributed by atoms with E-state index in [0.29, 0.717) is 48.8 Å². The van der Waals surface area contributed by atoms with Crippen molar-refractivity contribution in [3.05, 3.63) is 58.0 Å². The lowest BCUT2D eigenvalue weighted by Gasteiger charge is -2.47. The molecular formula is C24H30ClN3O4. The van der Waals surface area contributed by atoms with Crippen LogP contribution in [0.15, 0.2) is 41.3 Å². The third-order valence-electron chi connectivity index (χ3n) is 6.97. The summed E-state index contributed by atoms with van der Waals surface area (Å²) in [7, 11) is 1.57. The minimum Gasteiger partial charge on any atom is -0.495 e. The van der Waals surface area contributed by atoms with E-state index in [9.17, 15) is 9.59 Å². The number of hydrogen-bond acceptors (Lipinski definition) is 5. The van der Waals surface area contributed by atoms with E-state index in [1.165, 1.54) is 17.4 Å². The van der Waals surface area contributed by atoms with Gasteiger partial charge in [0.15, 0.2) is 0 Å². The number of pyridine rings is 1. The van der Waals surface area contributed by atoms with E-state index in [-0.39, 0.29) is 35.0 Å². The van der Waals surface area contributed by atoms with Crippen molar-refractivity contribution in [3.63, 3.8) is 0 Å². The van der Waals surface area contributed by atoms with Gasteiger partial charge in [0.2, 0.25) is 0 Å². The maximum Gasteiger partial charge on any atom is 0.268 e. The highest BCUT2D eigenvalue weighted by atomic mass is 35.5. The topological polar surface area (TPSA) is 72.8 Å². The number of rotatable bonds is 3. The van der Waals surface area contributed by atoms with Gasteiger partial charge in [-0.2, -0.15) is 0 Å². The van der Waals surface area contributed by atoms with E-state index in [4.69, 9.17) is 9.47 Å². The molecule has 1 unspecified atom stereocenters. The van der Waals surface area contributed by atoms with E-state index in [2.05, 4.69) is 5.32 Å². The summed E-state index contributed by atoms with van der Waals surface area (Å²) < 4.78 is 13.2. The molecule has 1 aromatic heterocycles. The summed E-state index contributed by atoms with van der Waals surface area (Å²) in [6, 6.07) is 10.1. The fourth-order valence-corrected chi connectivity index (χ4v) is 5.53. The standard InChI is InChI=1S/C24H29N3O4.ClH/c1-16-9-10-27(19-5-3-4-6-20(19)30-2)23(29)21(16)22(28)26-11-12-31-24(15-26)13-17-7-8-18(14-24)25-17;/h3-6,9-10,17-18,25H,7-8,11-15H2,1-2H3;1H/t17-,18+,24?;. The van der Waals surface area contributed by atoms with Crippen molar-refractivity contribution >= 4 is 18.3 Å². The maximum absolute atomic E-state index is 13.6. The second-order valence-electron chi connectivity index (χ2n) is 9.03. The van der Waals surface area contributed by atoms with Crippen LogP contribution in [0.1, 0.15) is 41.6 Å². The molecule has 0 radical (unpaired) electrons. The summed E-state index contributed by atoms with van der Waals surface area (Å²) in [5, 5.41) is 3.64. The van der Waals surface area contributed by atoms with Gasteiger partial charge in [0, 0.05) is 24.8 Å². The first-order chi connectivity index (χ1) is 15.0. The van der Waals surface area contributed by atoms with E-state index < -0.39 is 0 Å². The normalized spacial score (nSPS) is 26.6. The van der Waals surface area contributed by atoms with Gasteiger partial charge in [-0.15, -0.1) is 12.4 Å². The molecule has 3 aliphatic rings. The molecule has 3 aliphatic heterocycles. The van der Waals surface area contributed by atoms with Gasteiger partial charge >= 0.3 is 0 Å². The number of fused-ring (bicyclic) bond motifs is 2. The molecule has 2 bridgehead atoms. The van der Waals surface area contributed by atoms with Gasteiger partial charge in [-0.25, -0.2) is 0 Å². The molecule has 1 aromatic carbocycles. The fraction of sp³-hybridized carbons (Fsp3) is 0.500. The Balaban J connectivity index is 0.00000245. The smallest absolute Gasteiger partial charge is 0.268 e. The second-order valence-corrected chi connectivity index (χ2v) is 9.03. The number of hydrogen-bond donors (Lipinski definition) is 1. The number of morpholine rings is 1. The number of nitrogens with one attached hydrogen (secondary N) is 1. The summed E-state index contributed by atoms with van der Waals surface area (Å²) in [6.45, 7) is 3.38. The molecule has 32 heavy (non-hydrogen) atoms. The minimum absolute atomic E-state index is 0. The van der Waals surface area contributed by atoms with Crippen LogP contribution in [0.2, 0.25) is 0 Å². The van der Waals surface area contributed by atoms with Crippen LogP contribution in [0.5, 0.6) is 5.75 Å². The van der Waals surface area contributed by atoms with Crippen LogP contribution in [0.3, 0.4) is 0 Å².